The van der Waals surface area contributed by atoms with Crippen LogP contribution < -0.4 is 5.73 Å². The average molecular weight is 264 g/mol. The second kappa shape index (κ2) is 5.33. The van der Waals surface area contributed by atoms with Crippen molar-refractivity contribution in [2.45, 2.75) is 39.7 Å². The fourth-order valence-corrected chi connectivity index (χ4v) is 2.91. The Balaban J connectivity index is 2.20. The molecule has 0 aromatic carbocycles. The molecule has 0 spiro atoms. The molecule has 0 bridgehead atoms. The topological polar surface area (TPSA) is 64.2 Å². The van der Waals surface area contributed by atoms with E-state index < -0.39 is 0 Å². The number of amides is 1. The van der Waals surface area contributed by atoms with Gasteiger partial charge in [0.2, 0.25) is 0 Å². The Hall–Kier alpha value is -1.36. The molecule has 5 heteroatoms. The van der Waals surface area contributed by atoms with Crippen LogP contribution in [-0.2, 0) is 7.05 Å². The third-order valence-electron chi connectivity index (χ3n) is 4.33. The number of likely N-dealkylation sites (tertiary alicyclic amines) is 1. The van der Waals surface area contributed by atoms with Crippen LogP contribution in [0, 0.1) is 19.8 Å². The average Bonchev–Trinajstić information content (AvgIpc) is 2.63. The first-order valence-electron chi connectivity index (χ1n) is 7.00. The Kier molecular flexibility index (Phi) is 3.94. The Morgan fingerprint density at radius 2 is 2.16 bits per heavy atom. The van der Waals surface area contributed by atoms with Crippen LogP contribution >= 0.6 is 0 Å². The van der Waals surface area contributed by atoms with Gasteiger partial charge >= 0.3 is 0 Å². The molecule has 1 amide bonds. The fraction of sp³-hybridized carbons (Fsp3) is 0.714. The van der Waals surface area contributed by atoms with Gasteiger partial charge < -0.3 is 10.6 Å². The second-order valence-corrected chi connectivity index (χ2v) is 5.54. The van der Waals surface area contributed by atoms with Gasteiger partial charge in [0.25, 0.3) is 5.91 Å². The Bertz CT molecular complexity index is 480. The number of aromatic nitrogens is 2. The molecular formula is C14H24N4O. The largest absolute Gasteiger partial charge is 0.338 e. The molecule has 0 aliphatic carbocycles. The Labute approximate surface area is 114 Å². The molecule has 0 saturated carbocycles. The molecule has 106 valence electrons. The molecule has 1 fully saturated rings. The highest BCUT2D eigenvalue weighted by Crippen LogP contribution is 2.22. The van der Waals surface area contributed by atoms with Gasteiger partial charge in [-0.05, 0) is 26.2 Å². The van der Waals surface area contributed by atoms with E-state index in [1.54, 1.807) is 4.68 Å². The molecule has 2 rings (SSSR count). The van der Waals surface area contributed by atoms with Gasteiger partial charge in [0, 0.05) is 31.9 Å². The maximum atomic E-state index is 12.7. The van der Waals surface area contributed by atoms with Crippen molar-refractivity contribution in [3.8, 4) is 0 Å². The highest BCUT2D eigenvalue weighted by atomic mass is 16.2. The van der Waals surface area contributed by atoms with Crippen molar-refractivity contribution in [3.63, 3.8) is 0 Å². The SMILES string of the molecule is CCC1CN(C(=O)c2c(C)nn(C)c2C)CCC1N. The van der Waals surface area contributed by atoms with Gasteiger partial charge in [-0.3, -0.25) is 9.48 Å². The molecule has 1 aliphatic heterocycles. The van der Waals surface area contributed by atoms with Crippen LogP contribution in [0.5, 0.6) is 0 Å². The van der Waals surface area contributed by atoms with Gasteiger partial charge in [-0.2, -0.15) is 5.10 Å². The molecule has 2 N–H and O–H groups in total. The molecule has 2 heterocycles. The number of hydrogen-bond donors (Lipinski definition) is 1. The minimum Gasteiger partial charge on any atom is -0.338 e. The van der Waals surface area contributed by atoms with Crippen LogP contribution in [-0.4, -0.2) is 39.7 Å². The van der Waals surface area contributed by atoms with Gasteiger partial charge in [0.15, 0.2) is 0 Å². The van der Waals surface area contributed by atoms with Crippen LogP contribution in [0.1, 0.15) is 41.5 Å². The summed E-state index contributed by atoms with van der Waals surface area (Å²) in [5.41, 5.74) is 8.61. The highest BCUT2D eigenvalue weighted by molar-refractivity contribution is 5.96. The maximum Gasteiger partial charge on any atom is 0.257 e. The normalized spacial score (nSPS) is 23.7. The van der Waals surface area contributed by atoms with Gasteiger partial charge in [-0.25, -0.2) is 0 Å². The van der Waals surface area contributed by atoms with E-state index in [9.17, 15) is 4.79 Å². The number of hydrogen-bond acceptors (Lipinski definition) is 3. The summed E-state index contributed by atoms with van der Waals surface area (Å²) in [6.45, 7) is 7.50. The zero-order valence-corrected chi connectivity index (χ0v) is 12.3. The number of carbonyl (C=O) groups excluding carboxylic acids is 1. The molecule has 1 aromatic rings. The van der Waals surface area contributed by atoms with E-state index in [0.717, 1.165) is 42.9 Å². The van der Waals surface area contributed by atoms with E-state index in [2.05, 4.69) is 12.0 Å². The van der Waals surface area contributed by atoms with Crippen molar-refractivity contribution < 1.29 is 4.79 Å². The standard InChI is InChI=1S/C14H24N4O/c1-5-11-8-18(7-6-12(11)15)14(19)13-9(2)16-17(4)10(13)3/h11-12H,5-8,15H2,1-4H3. The van der Waals surface area contributed by atoms with E-state index in [0.29, 0.717) is 5.92 Å². The fourth-order valence-electron chi connectivity index (χ4n) is 2.91. The summed E-state index contributed by atoms with van der Waals surface area (Å²) >= 11 is 0. The lowest BCUT2D eigenvalue weighted by molar-refractivity contribution is 0.0647. The molecular weight excluding hydrogens is 240 g/mol. The lowest BCUT2D eigenvalue weighted by atomic mass is 9.90. The third kappa shape index (κ3) is 2.52. The Morgan fingerprint density at radius 3 is 2.68 bits per heavy atom. The zero-order valence-electron chi connectivity index (χ0n) is 12.3. The van der Waals surface area contributed by atoms with Crippen LogP contribution in [0.25, 0.3) is 0 Å². The van der Waals surface area contributed by atoms with E-state index in [1.807, 2.05) is 25.8 Å². The minimum atomic E-state index is 0.105. The minimum absolute atomic E-state index is 0.105. The van der Waals surface area contributed by atoms with E-state index in [1.165, 1.54) is 0 Å². The second-order valence-electron chi connectivity index (χ2n) is 5.54. The number of nitrogens with two attached hydrogens (primary N) is 1. The van der Waals surface area contributed by atoms with Crippen LogP contribution in [0.4, 0.5) is 0 Å². The number of nitrogens with zero attached hydrogens (tertiary/aromatic N) is 3. The van der Waals surface area contributed by atoms with Crippen molar-refractivity contribution >= 4 is 5.91 Å². The molecule has 1 aliphatic rings. The molecule has 2 unspecified atom stereocenters. The molecule has 0 radical (unpaired) electrons. The molecule has 2 atom stereocenters. The monoisotopic (exact) mass is 264 g/mol. The van der Waals surface area contributed by atoms with Crippen LogP contribution in [0.15, 0.2) is 0 Å². The van der Waals surface area contributed by atoms with Crippen molar-refractivity contribution in [1.29, 1.82) is 0 Å². The van der Waals surface area contributed by atoms with Gasteiger partial charge in [-0.15, -0.1) is 0 Å². The van der Waals surface area contributed by atoms with Gasteiger partial charge in [0.05, 0.1) is 11.3 Å². The van der Waals surface area contributed by atoms with Crippen molar-refractivity contribution in [2.24, 2.45) is 18.7 Å². The molecule has 1 aromatic heterocycles. The summed E-state index contributed by atoms with van der Waals surface area (Å²) in [7, 11) is 1.88. The number of piperidine rings is 1. The summed E-state index contributed by atoms with van der Waals surface area (Å²) in [6.07, 6.45) is 1.92. The lowest BCUT2D eigenvalue weighted by Crippen LogP contribution is -2.49. The summed E-state index contributed by atoms with van der Waals surface area (Å²) < 4.78 is 1.77. The summed E-state index contributed by atoms with van der Waals surface area (Å²) in [5, 5.41) is 4.33. The van der Waals surface area contributed by atoms with Crippen LogP contribution in [0.3, 0.4) is 0 Å². The van der Waals surface area contributed by atoms with Gasteiger partial charge in [-0.1, -0.05) is 13.3 Å². The first kappa shape index (κ1) is 14.1. The summed E-state index contributed by atoms with van der Waals surface area (Å²) in [5.74, 6) is 0.517. The first-order chi connectivity index (χ1) is 8.95. The van der Waals surface area contributed by atoms with Gasteiger partial charge in [0.1, 0.15) is 0 Å². The first-order valence-corrected chi connectivity index (χ1v) is 7.00. The maximum absolute atomic E-state index is 12.7. The number of carbonyl (C=O) groups is 1. The number of rotatable bonds is 2. The van der Waals surface area contributed by atoms with E-state index >= 15 is 0 Å². The zero-order chi connectivity index (χ0) is 14.2. The van der Waals surface area contributed by atoms with Crippen molar-refractivity contribution in [1.82, 2.24) is 14.7 Å². The van der Waals surface area contributed by atoms with E-state index in [-0.39, 0.29) is 11.9 Å². The van der Waals surface area contributed by atoms with Crippen molar-refractivity contribution in [2.75, 3.05) is 13.1 Å². The predicted octanol–water partition coefficient (Wildman–Crippen LogP) is 1.24. The quantitative estimate of drug-likeness (QED) is 0.874. The highest BCUT2D eigenvalue weighted by Gasteiger charge is 2.30. The predicted molar refractivity (Wildman–Crippen MR) is 75.0 cm³/mol. The third-order valence-corrected chi connectivity index (χ3v) is 4.33. The molecule has 19 heavy (non-hydrogen) atoms. The smallest absolute Gasteiger partial charge is 0.257 e. The van der Waals surface area contributed by atoms with Crippen molar-refractivity contribution in [3.05, 3.63) is 17.0 Å². The Morgan fingerprint density at radius 1 is 1.47 bits per heavy atom. The number of aryl methyl sites for hydroxylation is 2. The summed E-state index contributed by atoms with van der Waals surface area (Å²) in [6, 6.07) is 0.227. The molecule has 5 nitrogen and oxygen atoms in total. The lowest BCUT2D eigenvalue weighted by Gasteiger charge is -2.36. The van der Waals surface area contributed by atoms with E-state index in [4.69, 9.17) is 5.73 Å². The van der Waals surface area contributed by atoms with Crippen LogP contribution in [0.2, 0.25) is 0 Å². The summed E-state index contributed by atoms with van der Waals surface area (Å²) in [4.78, 5) is 14.6. The molecule has 1 saturated heterocycles.